The van der Waals surface area contributed by atoms with Crippen LogP contribution in [0.4, 0.5) is 0 Å². The molecule has 3 rings (SSSR count). The average molecular weight is 418 g/mol. The fourth-order valence-corrected chi connectivity index (χ4v) is 3.01. The van der Waals surface area contributed by atoms with Crippen molar-refractivity contribution in [3.05, 3.63) is 101 Å². The Morgan fingerprint density at radius 2 is 1.42 bits per heavy atom. The van der Waals surface area contributed by atoms with Gasteiger partial charge in [0.1, 0.15) is 12.4 Å². The molecule has 0 saturated heterocycles. The molecule has 0 spiro atoms. The quantitative estimate of drug-likeness (QED) is 0.155. The number of esters is 1. The van der Waals surface area contributed by atoms with Crippen LogP contribution in [-0.2, 0) is 20.7 Å². The van der Waals surface area contributed by atoms with Gasteiger partial charge in [0, 0.05) is 11.1 Å². The fourth-order valence-electron chi connectivity index (χ4n) is 3.01. The average Bonchev–Trinajstić information content (AvgIpc) is 2.82. The third-order valence-electron chi connectivity index (χ3n) is 4.56. The third-order valence-corrected chi connectivity index (χ3v) is 4.56. The number of rotatable bonds is 11. The summed E-state index contributed by atoms with van der Waals surface area (Å²) >= 11 is 0. The molecule has 0 unspecified atom stereocenters. The van der Waals surface area contributed by atoms with Gasteiger partial charge in [0.05, 0.1) is 18.8 Å². The number of ketones is 1. The molecule has 6 heteroatoms. The Morgan fingerprint density at radius 3 is 2.16 bits per heavy atom. The van der Waals surface area contributed by atoms with E-state index in [1.54, 1.807) is 54.6 Å². The van der Waals surface area contributed by atoms with Crippen LogP contribution in [0.5, 0.6) is 5.75 Å². The van der Waals surface area contributed by atoms with Crippen LogP contribution in [0.25, 0.3) is 0 Å². The highest BCUT2D eigenvalue weighted by molar-refractivity contribution is 6.09. The molecular weight excluding hydrogens is 396 g/mol. The molecule has 0 saturated carbocycles. The lowest BCUT2D eigenvalue weighted by Gasteiger charge is -2.09. The van der Waals surface area contributed by atoms with Crippen LogP contribution in [-0.4, -0.2) is 38.0 Å². The van der Waals surface area contributed by atoms with Crippen molar-refractivity contribution in [2.75, 3.05) is 19.8 Å². The standard InChI is InChI=1S/C25H22O6/c26-18-31-25(28)23-9-5-4-6-19(23)14-15-29-16-17-30-22-12-10-21(11-13-22)24(27)20-7-2-1-3-8-20/h1-13,18H,14-17H2. The van der Waals surface area contributed by atoms with Crippen molar-refractivity contribution >= 4 is 18.2 Å². The summed E-state index contributed by atoms with van der Waals surface area (Å²) in [4.78, 5) is 34.5. The summed E-state index contributed by atoms with van der Waals surface area (Å²) in [6.07, 6.45) is 0.500. The molecule has 0 bridgehead atoms. The van der Waals surface area contributed by atoms with E-state index in [0.717, 1.165) is 5.56 Å². The van der Waals surface area contributed by atoms with Crippen LogP contribution in [0.3, 0.4) is 0 Å². The maximum Gasteiger partial charge on any atom is 0.345 e. The van der Waals surface area contributed by atoms with E-state index in [0.29, 0.717) is 48.7 Å². The Morgan fingerprint density at radius 1 is 0.742 bits per heavy atom. The van der Waals surface area contributed by atoms with E-state index in [-0.39, 0.29) is 12.3 Å². The number of carbonyl (C=O) groups is 3. The van der Waals surface area contributed by atoms with E-state index in [2.05, 4.69) is 4.74 Å². The Balaban J connectivity index is 1.40. The van der Waals surface area contributed by atoms with E-state index in [4.69, 9.17) is 9.47 Å². The number of hydrogen-bond donors (Lipinski definition) is 0. The Bertz CT molecular complexity index is 1010. The highest BCUT2D eigenvalue weighted by Gasteiger charge is 2.12. The minimum Gasteiger partial charge on any atom is -0.491 e. The number of hydrogen-bond acceptors (Lipinski definition) is 6. The van der Waals surface area contributed by atoms with Crippen LogP contribution in [0, 0.1) is 0 Å². The molecule has 0 radical (unpaired) electrons. The summed E-state index contributed by atoms with van der Waals surface area (Å²) in [6, 6.07) is 23.0. The van der Waals surface area contributed by atoms with Crippen molar-refractivity contribution in [2.24, 2.45) is 0 Å². The SMILES string of the molecule is O=COC(=O)c1ccccc1CCOCCOc1ccc(C(=O)c2ccccc2)cc1. The van der Waals surface area contributed by atoms with E-state index in [1.807, 2.05) is 24.3 Å². The number of carbonyl (C=O) groups excluding carboxylic acids is 3. The van der Waals surface area contributed by atoms with Crippen molar-refractivity contribution in [3.8, 4) is 5.75 Å². The molecule has 0 amide bonds. The largest absolute Gasteiger partial charge is 0.491 e. The maximum atomic E-state index is 12.4. The first-order chi connectivity index (χ1) is 15.2. The van der Waals surface area contributed by atoms with Gasteiger partial charge in [-0.05, 0) is 42.3 Å². The minimum absolute atomic E-state index is 0.0345. The third kappa shape index (κ3) is 6.35. The summed E-state index contributed by atoms with van der Waals surface area (Å²) < 4.78 is 15.6. The maximum absolute atomic E-state index is 12.4. The predicted octanol–water partition coefficient (Wildman–Crippen LogP) is 3.87. The molecule has 0 heterocycles. The van der Waals surface area contributed by atoms with Crippen molar-refractivity contribution in [1.29, 1.82) is 0 Å². The molecule has 0 aliphatic carbocycles. The van der Waals surface area contributed by atoms with Gasteiger partial charge in [-0.25, -0.2) is 4.79 Å². The van der Waals surface area contributed by atoms with Crippen LogP contribution < -0.4 is 4.74 Å². The highest BCUT2D eigenvalue weighted by atomic mass is 16.6. The second kappa shape index (κ2) is 11.4. The van der Waals surface area contributed by atoms with Gasteiger partial charge in [0.25, 0.3) is 0 Å². The fraction of sp³-hybridized carbons (Fsp3) is 0.160. The molecule has 6 nitrogen and oxygen atoms in total. The summed E-state index contributed by atoms with van der Waals surface area (Å²) in [5, 5.41) is 0. The van der Waals surface area contributed by atoms with Crippen molar-refractivity contribution in [3.63, 3.8) is 0 Å². The number of ether oxygens (including phenoxy) is 3. The molecule has 0 aliphatic rings. The van der Waals surface area contributed by atoms with E-state index >= 15 is 0 Å². The first kappa shape index (κ1) is 21.9. The van der Waals surface area contributed by atoms with Crippen molar-refractivity contribution in [2.45, 2.75) is 6.42 Å². The van der Waals surface area contributed by atoms with Crippen molar-refractivity contribution < 1.29 is 28.6 Å². The van der Waals surface area contributed by atoms with Gasteiger partial charge in [-0.2, -0.15) is 0 Å². The zero-order valence-electron chi connectivity index (χ0n) is 16.9. The topological polar surface area (TPSA) is 78.9 Å². The van der Waals surface area contributed by atoms with Crippen LogP contribution >= 0.6 is 0 Å². The molecular formula is C25H22O6. The lowest BCUT2D eigenvalue weighted by atomic mass is 10.0. The zero-order chi connectivity index (χ0) is 21.9. The number of benzene rings is 3. The highest BCUT2D eigenvalue weighted by Crippen LogP contribution is 2.16. The summed E-state index contributed by atoms with van der Waals surface area (Å²) in [6.45, 7) is 1.22. The summed E-state index contributed by atoms with van der Waals surface area (Å²) in [5.41, 5.74) is 2.33. The predicted molar refractivity (Wildman–Crippen MR) is 114 cm³/mol. The Labute approximate surface area is 180 Å². The second-order valence-electron chi connectivity index (χ2n) is 6.59. The van der Waals surface area contributed by atoms with Gasteiger partial charge in [-0.15, -0.1) is 0 Å². The monoisotopic (exact) mass is 418 g/mol. The van der Waals surface area contributed by atoms with Crippen molar-refractivity contribution in [1.82, 2.24) is 0 Å². The summed E-state index contributed by atoms with van der Waals surface area (Å²) in [5.74, 6) is -0.0638. The van der Waals surface area contributed by atoms with Gasteiger partial charge < -0.3 is 14.2 Å². The lowest BCUT2D eigenvalue weighted by Crippen LogP contribution is -2.11. The lowest BCUT2D eigenvalue weighted by molar-refractivity contribution is -0.123. The molecule has 158 valence electrons. The van der Waals surface area contributed by atoms with Crippen LogP contribution in [0.1, 0.15) is 31.8 Å². The molecule has 3 aromatic carbocycles. The van der Waals surface area contributed by atoms with E-state index in [9.17, 15) is 14.4 Å². The molecule has 0 N–H and O–H groups in total. The normalized spacial score (nSPS) is 10.3. The molecule has 0 fully saturated rings. The first-order valence-electron chi connectivity index (χ1n) is 9.82. The second-order valence-corrected chi connectivity index (χ2v) is 6.59. The van der Waals surface area contributed by atoms with Gasteiger partial charge >= 0.3 is 12.4 Å². The Kier molecular flexibility index (Phi) is 8.08. The van der Waals surface area contributed by atoms with Gasteiger partial charge in [-0.3, -0.25) is 9.59 Å². The molecule has 0 aromatic heterocycles. The van der Waals surface area contributed by atoms with Gasteiger partial charge in [-0.1, -0.05) is 48.5 Å². The van der Waals surface area contributed by atoms with Crippen LogP contribution in [0.2, 0.25) is 0 Å². The smallest absolute Gasteiger partial charge is 0.345 e. The minimum atomic E-state index is -0.678. The molecule has 31 heavy (non-hydrogen) atoms. The summed E-state index contributed by atoms with van der Waals surface area (Å²) in [7, 11) is 0. The molecule has 3 aromatic rings. The molecule has 0 aliphatic heterocycles. The van der Waals surface area contributed by atoms with Gasteiger partial charge in [0.15, 0.2) is 5.78 Å². The van der Waals surface area contributed by atoms with E-state index < -0.39 is 5.97 Å². The van der Waals surface area contributed by atoms with E-state index in [1.165, 1.54) is 0 Å². The zero-order valence-corrected chi connectivity index (χ0v) is 16.9. The van der Waals surface area contributed by atoms with Gasteiger partial charge in [0.2, 0.25) is 0 Å². The molecule has 0 atom stereocenters. The first-order valence-corrected chi connectivity index (χ1v) is 9.82. The van der Waals surface area contributed by atoms with Crippen LogP contribution in [0.15, 0.2) is 78.9 Å². The Hall–Kier alpha value is -3.77.